The van der Waals surface area contributed by atoms with Crippen LogP contribution in [0.15, 0.2) is 24.5 Å². The van der Waals surface area contributed by atoms with Crippen molar-refractivity contribution < 1.29 is 19.5 Å². The Balaban J connectivity index is 2.12. The van der Waals surface area contributed by atoms with Gasteiger partial charge in [-0.25, -0.2) is 4.79 Å². The third-order valence-electron chi connectivity index (χ3n) is 2.31. The molecule has 0 aromatic carbocycles. The molecule has 2 rings (SSSR count). The minimum absolute atomic E-state index is 0.0931. The number of esters is 1. The van der Waals surface area contributed by atoms with Crippen molar-refractivity contribution in [3.8, 4) is 17.1 Å². The molecule has 0 fully saturated rings. The number of rotatable bonds is 5. The number of hydrogen-bond donors (Lipinski definition) is 1. The number of aromatic nitrogens is 3. The predicted molar refractivity (Wildman–Crippen MR) is 69.8 cm³/mol. The highest BCUT2D eigenvalue weighted by Crippen LogP contribution is 2.24. The molecular formula is C12H12ClN3O4. The van der Waals surface area contributed by atoms with E-state index in [0.717, 1.165) is 0 Å². The maximum absolute atomic E-state index is 11.2. The predicted octanol–water partition coefficient (Wildman–Crippen LogP) is 1.78. The van der Waals surface area contributed by atoms with Crippen molar-refractivity contribution in [2.45, 2.75) is 6.92 Å². The van der Waals surface area contributed by atoms with E-state index in [4.69, 9.17) is 21.1 Å². The first-order valence-electron chi connectivity index (χ1n) is 5.79. The zero-order valence-corrected chi connectivity index (χ0v) is 11.4. The van der Waals surface area contributed by atoms with Gasteiger partial charge in [0.25, 0.3) is 0 Å². The Kier molecular flexibility index (Phi) is 4.41. The Morgan fingerprint density at radius 1 is 1.45 bits per heavy atom. The minimum Gasteiger partial charge on any atom is -0.464 e. The van der Waals surface area contributed by atoms with Crippen molar-refractivity contribution >= 4 is 17.6 Å². The van der Waals surface area contributed by atoms with E-state index in [1.54, 1.807) is 13.0 Å². The van der Waals surface area contributed by atoms with Gasteiger partial charge in [-0.3, -0.25) is 4.98 Å². The summed E-state index contributed by atoms with van der Waals surface area (Å²) in [6.07, 6.45) is 2.99. The molecule has 106 valence electrons. The maximum atomic E-state index is 11.2. The Morgan fingerprint density at radius 2 is 2.25 bits per heavy atom. The average Bonchev–Trinajstić information content (AvgIpc) is 2.78. The lowest BCUT2D eigenvalue weighted by molar-refractivity contribution is -0.145. The van der Waals surface area contributed by atoms with Crippen LogP contribution >= 0.6 is 11.6 Å². The molecule has 0 saturated heterocycles. The van der Waals surface area contributed by atoms with Crippen LogP contribution in [0.1, 0.15) is 6.92 Å². The molecule has 0 unspecified atom stereocenters. The highest BCUT2D eigenvalue weighted by atomic mass is 35.5. The van der Waals surface area contributed by atoms with Crippen LogP contribution in [-0.4, -0.2) is 39.3 Å². The van der Waals surface area contributed by atoms with Gasteiger partial charge in [-0.2, -0.15) is 0 Å². The number of halogens is 1. The molecule has 0 bridgehead atoms. The average molecular weight is 298 g/mol. The van der Waals surface area contributed by atoms with Crippen molar-refractivity contribution in [1.82, 2.24) is 14.9 Å². The second kappa shape index (κ2) is 6.25. The monoisotopic (exact) mass is 297 g/mol. The Morgan fingerprint density at radius 3 is 2.95 bits per heavy atom. The van der Waals surface area contributed by atoms with Gasteiger partial charge >= 0.3 is 5.97 Å². The fraction of sp³-hybridized carbons (Fsp3) is 0.250. The van der Waals surface area contributed by atoms with Crippen LogP contribution < -0.4 is 4.74 Å². The molecule has 0 atom stereocenters. The summed E-state index contributed by atoms with van der Waals surface area (Å²) in [4.78, 5) is 15.7. The van der Waals surface area contributed by atoms with Gasteiger partial charge in [0.15, 0.2) is 6.61 Å². The van der Waals surface area contributed by atoms with Crippen LogP contribution in [0.4, 0.5) is 0 Å². The lowest BCUT2D eigenvalue weighted by Crippen LogP contribution is -2.14. The Hall–Kier alpha value is -2.28. The quantitative estimate of drug-likeness (QED) is 0.668. The molecule has 1 N–H and O–H groups in total. The minimum atomic E-state index is -0.508. The van der Waals surface area contributed by atoms with Crippen molar-refractivity contribution in [2.75, 3.05) is 13.2 Å². The fourth-order valence-corrected chi connectivity index (χ4v) is 1.68. The van der Waals surface area contributed by atoms with Crippen LogP contribution in [-0.2, 0) is 9.53 Å². The van der Waals surface area contributed by atoms with Crippen molar-refractivity contribution in [1.29, 1.82) is 0 Å². The number of ether oxygens (including phenoxy) is 2. The molecular weight excluding hydrogens is 286 g/mol. The molecule has 0 aliphatic rings. The van der Waals surface area contributed by atoms with E-state index in [2.05, 4.69) is 10.1 Å². The fourth-order valence-electron chi connectivity index (χ4n) is 1.51. The second-order valence-corrected chi connectivity index (χ2v) is 4.18. The molecule has 2 aromatic rings. The molecule has 0 aliphatic carbocycles. The van der Waals surface area contributed by atoms with Gasteiger partial charge in [0, 0.05) is 24.0 Å². The Bertz CT molecular complexity index is 614. The van der Waals surface area contributed by atoms with Crippen LogP contribution in [0.5, 0.6) is 5.88 Å². The summed E-state index contributed by atoms with van der Waals surface area (Å²) in [5.74, 6) is -0.415. The van der Waals surface area contributed by atoms with Gasteiger partial charge in [-0.05, 0) is 13.0 Å². The number of hydrogen-bond acceptors (Lipinski definition) is 6. The van der Waals surface area contributed by atoms with E-state index in [1.807, 2.05) is 0 Å². The summed E-state index contributed by atoms with van der Waals surface area (Å²) < 4.78 is 9.83. The van der Waals surface area contributed by atoms with E-state index in [9.17, 15) is 10.0 Å². The molecule has 7 nitrogen and oxygen atoms in total. The molecule has 0 saturated carbocycles. The summed E-state index contributed by atoms with van der Waals surface area (Å²) >= 11 is 5.83. The zero-order chi connectivity index (χ0) is 14.5. The van der Waals surface area contributed by atoms with E-state index in [1.165, 1.54) is 18.5 Å². The van der Waals surface area contributed by atoms with Gasteiger partial charge in [0.2, 0.25) is 5.88 Å². The highest BCUT2D eigenvalue weighted by Gasteiger charge is 2.12. The van der Waals surface area contributed by atoms with E-state index in [0.29, 0.717) is 21.1 Å². The van der Waals surface area contributed by atoms with Crippen LogP contribution in [0.3, 0.4) is 0 Å². The highest BCUT2D eigenvalue weighted by molar-refractivity contribution is 6.30. The molecule has 0 aliphatic heterocycles. The summed E-state index contributed by atoms with van der Waals surface area (Å²) in [5, 5.41) is 13.8. The van der Waals surface area contributed by atoms with E-state index < -0.39 is 5.97 Å². The first-order chi connectivity index (χ1) is 9.60. The SMILES string of the molecule is CCOC(=O)COc1cc(-c2cncc(Cl)c2)n(O)n1. The topological polar surface area (TPSA) is 86.5 Å². The summed E-state index contributed by atoms with van der Waals surface area (Å²) in [7, 11) is 0. The van der Waals surface area contributed by atoms with Gasteiger partial charge in [0.05, 0.1) is 11.6 Å². The number of carbonyl (C=O) groups excluding carboxylic acids is 1. The summed E-state index contributed by atoms with van der Waals surface area (Å²) in [6.45, 7) is 1.69. The van der Waals surface area contributed by atoms with Crippen LogP contribution in [0.2, 0.25) is 5.02 Å². The zero-order valence-electron chi connectivity index (χ0n) is 10.6. The molecule has 2 aromatic heterocycles. The molecule has 0 spiro atoms. The smallest absolute Gasteiger partial charge is 0.344 e. The van der Waals surface area contributed by atoms with Gasteiger partial charge in [-0.1, -0.05) is 21.5 Å². The lowest BCUT2D eigenvalue weighted by Gasteiger charge is -2.01. The lowest BCUT2D eigenvalue weighted by atomic mass is 10.2. The van der Waals surface area contributed by atoms with Gasteiger partial charge < -0.3 is 14.7 Å². The van der Waals surface area contributed by atoms with Crippen molar-refractivity contribution in [3.63, 3.8) is 0 Å². The third kappa shape index (κ3) is 3.39. The number of nitrogens with zero attached hydrogens (tertiary/aromatic N) is 3. The summed E-state index contributed by atoms with van der Waals surface area (Å²) in [5.41, 5.74) is 0.914. The van der Waals surface area contributed by atoms with E-state index in [-0.39, 0.29) is 19.1 Å². The molecule has 0 radical (unpaired) electrons. The molecule has 20 heavy (non-hydrogen) atoms. The maximum Gasteiger partial charge on any atom is 0.344 e. The largest absolute Gasteiger partial charge is 0.464 e. The van der Waals surface area contributed by atoms with E-state index >= 15 is 0 Å². The Labute approximate surface area is 119 Å². The normalized spacial score (nSPS) is 10.3. The first kappa shape index (κ1) is 14.1. The van der Waals surface area contributed by atoms with Crippen LogP contribution in [0, 0.1) is 0 Å². The van der Waals surface area contributed by atoms with Gasteiger partial charge in [0.1, 0.15) is 5.69 Å². The third-order valence-corrected chi connectivity index (χ3v) is 2.52. The summed E-state index contributed by atoms with van der Waals surface area (Å²) in [6, 6.07) is 3.08. The van der Waals surface area contributed by atoms with Gasteiger partial charge in [-0.15, -0.1) is 0 Å². The van der Waals surface area contributed by atoms with Crippen molar-refractivity contribution in [3.05, 3.63) is 29.5 Å². The molecule has 8 heteroatoms. The number of carbonyl (C=O) groups is 1. The molecule has 0 amide bonds. The molecule has 2 heterocycles. The second-order valence-electron chi connectivity index (χ2n) is 3.74. The number of pyridine rings is 1. The van der Waals surface area contributed by atoms with Crippen LogP contribution in [0.25, 0.3) is 11.3 Å². The van der Waals surface area contributed by atoms with Crippen molar-refractivity contribution in [2.24, 2.45) is 0 Å². The first-order valence-corrected chi connectivity index (χ1v) is 6.16. The standard InChI is InChI=1S/C12H12ClN3O4/c1-2-19-12(17)7-20-11-4-10(16(18)15-11)8-3-9(13)6-14-5-8/h3-6,18H,2,7H2,1H3.